The van der Waals surface area contributed by atoms with Crippen LogP contribution in [0.4, 0.5) is 11.4 Å². The first-order valence-corrected chi connectivity index (χ1v) is 5.99. The third kappa shape index (κ3) is 4.51. The second-order valence-corrected chi connectivity index (χ2v) is 4.62. The maximum Gasteiger partial charge on any atom is 0.131 e. The molecule has 110 valence electrons. The largest absolute Gasteiger partial charge is 0.457 e. The molecular weight excluding hydrogens is 295 g/mol. The third-order valence-electron chi connectivity index (χ3n) is 2.76. The number of rotatable bonds is 3. The minimum atomic E-state index is 0. The lowest BCUT2D eigenvalue weighted by molar-refractivity contribution is 0.473. The molecule has 0 aromatic heterocycles. The number of hydrogen-bond donors (Lipinski definition) is 2. The van der Waals surface area contributed by atoms with Crippen molar-refractivity contribution in [1.82, 2.24) is 0 Å². The molecule has 0 radical (unpaired) electrons. The van der Waals surface area contributed by atoms with E-state index in [1.54, 1.807) is 0 Å². The molecule has 0 atom stereocenters. The number of anilines is 2. The second kappa shape index (κ2) is 7.88. The monoisotopic (exact) mass is 314 g/mol. The molecule has 20 heavy (non-hydrogen) atoms. The lowest BCUT2D eigenvalue weighted by Gasteiger charge is -2.14. The maximum atomic E-state index is 5.87. The van der Waals surface area contributed by atoms with E-state index in [-0.39, 0.29) is 24.8 Å². The molecule has 0 aliphatic heterocycles. The van der Waals surface area contributed by atoms with Crippen molar-refractivity contribution in [3.63, 3.8) is 0 Å². The molecule has 0 bridgehead atoms. The highest BCUT2D eigenvalue weighted by Crippen LogP contribution is 2.32. The van der Waals surface area contributed by atoms with E-state index in [4.69, 9.17) is 16.2 Å². The highest BCUT2D eigenvalue weighted by molar-refractivity contribution is 5.85. The van der Waals surface area contributed by atoms with Gasteiger partial charge in [0, 0.05) is 11.4 Å². The van der Waals surface area contributed by atoms with Crippen LogP contribution in [0.3, 0.4) is 0 Å². The van der Waals surface area contributed by atoms with E-state index in [1.807, 2.05) is 42.5 Å². The second-order valence-electron chi connectivity index (χ2n) is 4.62. The molecule has 5 heteroatoms. The summed E-state index contributed by atoms with van der Waals surface area (Å²) in [4.78, 5) is 0. The van der Waals surface area contributed by atoms with Crippen LogP contribution >= 0.6 is 24.8 Å². The fraction of sp³-hybridized carbons (Fsp3) is 0.200. The van der Waals surface area contributed by atoms with E-state index in [2.05, 4.69) is 13.8 Å². The Morgan fingerprint density at radius 1 is 0.850 bits per heavy atom. The quantitative estimate of drug-likeness (QED) is 0.813. The summed E-state index contributed by atoms with van der Waals surface area (Å²) >= 11 is 0. The lowest BCUT2D eigenvalue weighted by atomic mass is 10.0. The molecule has 0 aliphatic rings. The number of hydrogen-bond acceptors (Lipinski definition) is 3. The summed E-state index contributed by atoms with van der Waals surface area (Å²) in [6.07, 6.45) is 0. The number of nitrogen functional groups attached to an aromatic ring is 2. The van der Waals surface area contributed by atoms with Crippen molar-refractivity contribution < 1.29 is 4.74 Å². The van der Waals surface area contributed by atoms with E-state index >= 15 is 0 Å². The van der Waals surface area contributed by atoms with Gasteiger partial charge in [-0.2, -0.15) is 0 Å². The topological polar surface area (TPSA) is 61.3 Å². The zero-order valence-corrected chi connectivity index (χ0v) is 13.1. The van der Waals surface area contributed by atoms with E-state index in [0.717, 1.165) is 28.4 Å². The van der Waals surface area contributed by atoms with Gasteiger partial charge in [0.15, 0.2) is 0 Å². The average molecular weight is 315 g/mol. The van der Waals surface area contributed by atoms with Gasteiger partial charge in [0.05, 0.1) is 0 Å². The number of benzene rings is 2. The van der Waals surface area contributed by atoms with E-state index < -0.39 is 0 Å². The van der Waals surface area contributed by atoms with Gasteiger partial charge in [-0.25, -0.2) is 0 Å². The van der Waals surface area contributed by atoms with Crippen LogP contribution in [0.5, 0.6) is 11.5 Å². The molecule has 4 N–H and O–H groups in total. The van der Waals surface area contributed by atoms with Crippen molar-refractivity contribution in [1.29, 1.82) is 0 Å². The van der Waals surface area contributed by atoms with Gasteiger partial charge in [0.25, 0.3) is 0 Å². The smallest absolute Gasteiger partial charge is 0.131 e. The van der Waals surface area contributed by atoms with Crippen molar-refractivity contribution in [2.24, 2.45) is 0 Å². The van der Waals surface area contributed by atoms with Gasteiger partial charge in [0.2, 0.25) is 0 Å². The molecule has 3 nitrogen and oxygen atoms in total. The predicted octanol–water partition coefficient (Wildman–Crippen LogP) is 4.61. The minimum absolute atomic E-state index is 0. The first-order chi connectivity index (χ1) is 8.56. The first-order valence-electron chi connectivity index (χ1n) is 5.99. The van der Waals surface area contributed by atoms with Crippen molar-refractivity contribution in [2.75, 3.05) is 11.5 Å². The molecule has 0 saturated carbocycles. The van der Waals surface area contributed by atoms with E-state index in [9.17, 15) is 0 Å². The summed E-state index contributed by atoms with van der Waals surface area (Å²) < 4.78 is 5.87. The standard InChI is InChI=1S/C15H18N2O.2ClH/c1-10(2)14-9-12(17)5-8-15(14)18-13-6-3-11(16)4-7-13;;/h3-10H,16-17H2,1-2H3;2*1H. The summed E-state index contributed by atoms with van der Waals surface area (Å²) in [6.45, 7) is 4.23. The van der Waals surface area contributed by atoms with Crippen LogP contribution < -0.4 is 16.2 Å². The van der Waals surface area contributed by atoms with Crippen molar-refractivity contribution >= 4 is 36.2 Å². The normalized spacial score (nSPS) is 9.55. The Kier molecular flexibility index (Phi) is 7.25. The third-order valence-corrected chi connectivity index (χ3v) is 2.76. The Morgan fingerprint density at radius 2 is 1.40 bits per heavy atom. The van der Waals surface area contributed by atoms with Crippen LogP contribution in [-0.4, -0.2) is 0 Å². The fourth-order valence-electron chi connectivity index (χ4n) is 1.77. The summed E-state index contributed by atoms with van der Waals surface area (Å²) in [5.74, 6) is 1.97. The Bertz CT molecular complexity index is 542. The van der Waals surface area contributed by atoms with Crippen LogP contribution in [0.15, 0.2) is 42.5 Å². The minimum Gasteiger partial charge on any atom is -0.457 e. The van der Waals surface area contributed by atoms with Gasteiger partial charge in [-0.05, 0) is 53.9 Å². The maximum absolute atomic E-state index is 5.87. The Balaban J connectivity index is 0.00000180. The summed E-state index contributed by atoms with van der Waals surface area (Å²) in [5, 5.41) is 0. The van der Waals surface area contributed by atoms with Gasteiger partial charge >= 0.3 is 0 Å². The summed E-state index contributed by atoms with van der Waals surface area (Å²) in [6, 6.07) is 13.1. The van der Waals surface area contributed by atoms with Crippen LogP contribution in [0.2, 0.25) is 0 Å². The number of ether oxygens (including phenoxy) is 1. The Morgan fingerprint density at radius 3 is 1.95 bits per heavy atom. The highest BCUT2D eigenvalue weighted by Gasteiger charge is 2.09. The van der Waals surface area contributed by atoms with Gasteiger partial charge < -0.3 is 16.2 Å². The summed E-state index contributed by atoms with van der Waals surface area (Å²) in [5.41, 5.74) is 14.0. The van der Waals surface area contributed by atoms with Crippen LogP contribution in [0.1, 0.15) is 25.3 Å². The zero-order chi connectivity index (χ0) is 13.1. The van der Waals surface area contributed by atoms with Crippen molar-refractivity contribution in [2.45, 2.75) is 19.8 Å². The average Bonchev–Trinajstić information content (AvgIpc) is 2.34. The lowest BCUT2D eigenvalue weighted by Crippen LogP contribution is -1.96. The molecule has 0 unspecified atom stereocenters. The summed E-state index contributed by atoms with van der Waals surface area (Å²) in [7, 11) is 0. The molecule has 0 fully saturated rings. The number of halogens is 2. The zero-order valence-electron chi connectivity index (χ0n) is 11.5. The fourth-order valence-corrected chi connectivity index (χ4v) is 1.77. The molecular formula is C15H20Cl2N2O. The molecule has 0 spiro atoms. The van der Waals surface area contributed by atoms with Crippen LogP contribution in [0.25, 0.3) is 0 Å². The predicted molar refractivity (Wildman–Crippen MR) is 90.4 cm³/mol. The SMILES string of the molecule is CC(C)c1cc(N)ccc1Oc1ccc(N)cc1.Cl.Cl. The Hall–Kier alpha value is -1.58. The van der Waals surface area contributed by atoms with E-state index in [1.165, 1.54) is 0 Å². The molecule has 0 aliphatic carbocycles. The molecule has 2 aromatic carbocycles. The van der Waals surface area contributed by atoms with E-state index in [0.29, 0.717) is 5.92 Å². The number of nitrogens with two attached hydrogens (primary N) is 2. The molecule has 0 saturated heterocycles. The van der Waals surface area contributed by atoms with Crippen LogP contribution in [-0.2, 0) is 0 Å². The van der Waals surface area contributed by atoms with Gasteiger partial charge in [0.1, 0.15) is 11.5 Å². The van der Waals surface area contributed by atoms with Gasteiger partial charge in [-0.1, -0.05) is 13.8 Å². The van der Waals surface area contributed by atoms with Crippen LogP contribution in [0, 0.1) is 0 Å². The highest BCUT2D eigenvalue weighted by atomic mass is 35.5. The molecule has 2 aromatic rings. The molecule has 0 amide bonds. The first kappa shape index (κ1) is 18.4. The van der Waals surface area contributed by atoms with Crippen molar-refractivity contribution in [3.05, 3.63) is 48.0 Å². The Labute approximate surface area is 132 Å². The van der Waals surface area contributed by atoms with Gasteiger partial charge in [-0.3, -0.25) is 0 Å². The van der Waals surface area contributed by atoms with Gasteiger partial charge in [-0.15, -0.1) is 24.8 Å². The van der Waals surface area contributed by atoms with Crippen molar-refractivity contribution in [3.8, 4) is 11.5 Å². The molecule has 0 heterocycles. The molecule has 2 rings (SSSR count).